The molecule has 1 aromatic carbocycles. The summed E-state index contributed by atoms with van der Waals surface area (Å²) in [6.07, 6.45) is 2.81. The highest BCUT2D eigenvalue weighted by molar-refractivity contribution is 6.08. The number of hydrogen-bond acceptors (Lipinski definition) is 5. The second-order valence-electron chi connectivity index (χ2n) is 8.47. The van der Waals surface area contributed by atoms with Crippen LogP contribution >= 0.6 is 0 Å². The van der Waals surface area contributed by atoms with Gasteiger partial charge in [-0.2, -0.15) is 0 Å². The van der Waals surface area contributed by atoms with E-state index in [2.05, 4.69) is 5.32 Å². The van der Waals surface area contributed by atoms with Gasteiger partial charge in [0, 0.05) is 17.2 Å². The number of Topliss-reactive ketones (excluding diaryl/α,β-unsaturated/α-hetero) is 1. The van der Waals surface area contributed by atoms with Gasteiger partial charge in [-0.3, -0.25) is 4.79 Å². The molecule has 0 unspecified atom stereocenters. The van der Waals surface area contributed by atoms with Gasteiger partial charge >= 0.3 is 6.09 Å². The maximum absolute atomic E-state index is 12.9. The molecule has 0 saturated heterocycles. The minimum atomic E-state index is -0.612. The predicted octanol–water partition coefficient (Wildman–Crippen LogP) is 3.99. The first kappa shape index (κ1) is 23.1. The highest BCUT2D eigenvalue weighted by Gasteiger charge is 2.37. The molecule has 0 bridgehead atoms. The second kappa shape index (κ2) is 10.0. The largest absolute Gasteiger partial charge is 0.444 e. The fraction of sp³-hybridized carbons (Fsp3) is 0.565. The minimum Gasteiger partial charge on any atom is -0.444 e. The van der Waals surface area contributed by atoms with Crippen molar-refractivity contribution in [3.63, 3.8) is 0 Å². The smallest absolute Gasteiger partial charge is 0.408 e. The van der Waals surface area contributed by atoms with E-state index in [9.17, 15) is 9.59 Å². The number of ether oxygens (including phenoxy) is 2. The molecule has 1 aromatic rings. The Morgan fingerprint density at radius 3 is 2.34 bits per heavy atom. The number of ketones is 1. The molecule has 6 heteroatoms. The SMILES string of the molecule is CCC(CC)O[C@@H]1C=C(C(=O)c2ccccc2)C[C@H](N)[C@H]1NC(=O)OC(C)(C)C. The van der Waals surface area contributed by atoms with Gasteiger partial charge in [0.15, 0.2) is 5.78 Å². The summed E-state index contributed by atoms with van der Waals surface area (Å²) < 4.78 is 11.6. The molecule has 0 heterocycles. The van der Waals surface area contributed by atoms with E-state index in [1.54, 1.807) is 12.1 Å². The van der Waals surface area contributed by atoms with Gasteiger partial charge in [0.1, 0.15) is 5.60 Å². The van der Waals surface area contributed by atoms with Crippen LogP contribution in [0.25, 0.3) is 0 Å². The summed E-state index contributed by atoms with van der Waals surface area (Å²) >= 11 is 0. The molecule has 0 radical (unpaired) electrons. The molecular weight excluding hydrogens is 368 g/mol. The Morgan fingerprint density at radius 1 is 1.17 bits per heavy atom. The van der Waals surface area contributed by atoms with Gasteiger partial charge in [0.05, 0.1) is 18.2 Å². The molecule has 0 aliphatic heterocycles. The number of rotatable bonds is 7. The van der Waals surface area contributed by atoms with Gasteiger partial charge in [-0.15, -0.1) is 0 Å². The molecule has 0 spiro atoms. The zero-order chi connectivity index (χ0) is 21.6. The van der Waals surface area contributed by atoms with Gasteiger partial charge in [-0.05, 0) is 46.1 Å². The van der Waals surface area contributed by atoms with Crippen molar-refractivity contribution in [2.75, 3.05) is 0 Å². The number of hydrogen-bond donors (Lipinski definition) is 2. The van der Waals surface area contributed by atoms with Gasteiger partial charge < -0.3 is 20.5 Å². The summed E-state index contributed by atoms with van der Waals surface area (Å²) in [4.78, 5) is 25.3. The van der Waals surface area contributed by atoms with E-state index in [0.717, 1.165) is 12.8 Å². The number of carbonyl (C=O) groups is 2. The summed E-state index contributed by atoms with van der Waals surface area (Å²) in [5, 5.41) is 2.86. The van der Waals surface area contributed by atoms with Crippen molar-refractivity contribution in [1.29, 1.82) is 0 Å². The van der Waals surface area contributed by atoms with Crippen molar-refractivity contribution in [2.45, 2.75) is 83.8 Å². The Balaban J connectivity index is 2.27. The van der Waals surface area contributed by atoms with Gasteiger partial charge in [0.2, 0.25) is 0 Å². The van der Waals surface area contributed by atoms with E-state index >= 15 is 0 Å². The highest BCUT2D eigenvalue weighted by Crippen LogP contribution is 2.26. The zero-order valence-corrected chi connectivity index (χ0v) is 18.1. The summed E-state index contributed by atoms with van der Waals surface area (Å²) in [6, 6.07) is 8.18. The topological polar surface area (TPSA) is 90.6 Å². The quantitative estimate of drug-likeness (QED) is 0.673. The van der Waals surface area contributed by atoms with Gasteiger partial charge in [-0.25, -0.2) is 4.79 Å². The Hall–Kier alpha value is -2.18. The molecule has 0 aromatic heterocycles. The number of nitrogens with two attached hydrogens (primary N) is 1. The van der Waals surface area contributed by atoms with Crippen LogP contribution < -0.4 is 11.1 Å². The third-order valence-electron chi connectivity index (χ3n) is 4.91. The number of carbonyl (C=O) groups excluding carboxylic acids is 2. The first-order chi connectivity index (χ1) is 13.6. The molecule has 160 valence electrons. The molecule has 29 heavy (non-hydrogen) atoms. The lowest BCUT2D eigenvalue weighted by Crippen LogP contribution is -2.58. The number of alkyl carbamates (subject to hydrolysis) is 1. The van der Waals surface area contributed by atoms with Gasteiger partial charge in [-0.1, -0.05) is 44.2 Å². The van der Waals surface area contributed by atoms with Crippen LogP contribution in [0.3, 0.4) is 0 Å². The van der Waals surface area contributed by atoms with Crippen molar-refractivity contribution in [3.05, 3.63) is 47.5 Å². The summed E-state index contributed by atoms with van der Waals surface area (Å²) in [5.41, 5.74) is 7.02. The van der Waals surface area contributed by atoms with Crippen molar-refractivity contribution in [2.24, 2.45) is 5.73 Å². The Morgan fingerprint density at radius 2 is 1.79 bits per heavy atom. The Bertz CT molecular complexity index is 720. The second-order valence-corrected chi connectivity index (χ2v) is 8.47. The van der Waals surface area contributed by atoms with Crippen LogP contribution in [0.5, 0.6) is 0 Å². The number of amides is 1. The van der Waals surface area contributed by atoms with Crippen LogP contribution in [0, 0.1) is 0 Å². The van der Waals surface area contributed by atoms with Crippen LogP contribution in [0.1, 0.15) is 64.2 Å². The summed E-state index contributed by atoms with van der Waals surface area (Å²) in [7, 11) is 0. The predicted molar refractivity (Wildman–Crippen MR) is 114 cm³/mol. The number of benzene rings is 1. The Labute approximate surface area is 173 Å². The Kier molecular flexibility index (Phi) is 7.99. The van der Waals surface area contributed by atoms with Crippen molar-refractivity contribution >= 4 is 11.9 Å². The van der Waals surface area contributed by atoms with E-state index in [4.69, 9.17) is 15.2 Å². The van der Waals surface area contributed by atoms with Crippen molar-refractivity contribution in [1.82, 2.24) is 5.32 Å². The normalized spacial score (nSPS) is 22.2. The van der Waals surface area contributed by atoms with E-state index in [1.807, 2.05) is 58.9 Å². The van der Waals surface area contributed by atoms with Crippen molar-refractivity contribution in [3.8, 4) is 0 Å². The fourth-order valence-corrected chi connectivity index (χ4v) is 3.40. The molecule has 1 aliphatic carbocycles. The average Bonchev–Trinajstić information content (AvgIpc) is 2.66. The van der Waals surface area contributed by atoms with E-state index in [1.165, 1.54) is 0 Å². The molecule has 3 atom stereocenters. The average molecular weight is 403 g/mol. The lowest BCUT2D eigenvalue weighted by molar-refractivity contribution is -0.0204. The van der Waals surface area contributed by atoms with Crippen molar-refractivity contribution < 1.29 is 19.1 Å². The molecule has 1 amide bonds. The van der Waals surface area contributed by atoms with E-state index in [-0.39, 0.29) is 11.9 Å². The van der Waals surface area contributed by atoms with Crippen LogP contribution in [0.4, 0.5) is 4.79 Å². The molecular formula is C23H34N2O4. The van der Waals surface area contributed by atoms with Crippen LogP contribution in [0.2, 0.25) is 0 Å². The van der Waals surface area contributed by atoms with E-state index < -0.39 is 29.9 Å². The highest BCUT2D eigenvalue weighted by atomic mass is 16.6. The maximum atomic E-state index is 12.9. The number of nitrogens with one attached hydrogen (secondary N) is 1. The zero-order valence-electron chi connectivity index (χ0n) is 18.1. The van der Waals surface area contributed by atoms with Gasteiger partial charge in [0.25, 0.3) is 0 Å². The molecule has 0 fully saturated rings. The molecule has 3 N–H and O–H groups in total. The first-order valence-electron chi connectivity index (χ1n) is 10.4. The summed E-state index contributed by atoms with van der Waals surface area (Å²) in [5.74, 6) is -0.0603. The van der Waals surface area contributed by atoms with Crippen LogP contribution in [-0.2, 0) is 9.47 Å². The fourth-order valence-electron chi connectivity index (χ4n) is 3.40. The standard InChI is InChI=1S/C23H34N2O4/c1-6-17(7-2)28-19-14-16(21(26)15-11-9-8-10-12-15)13-18(24)20(19)25-22(27)29-23(3,4)5/h8-12,14,17-20H,6-7,13,24H2,1-5H3,(H,25,27)/t18-,19+,20+/m0/s1. The van der Waals surface area contributed by atoms with Crippen LogP contribution in [-0.4, -0.2) is 41.8 Å². The monoisotopic (exact) mass is 402 g/mol. The molecule has 6 nitrogen and oxygen atoms in total. The third kappa shape index (κ3) is 6.68. The van der Waals surface area contributed by atoms with Crippen LogP contribution in [0.15, 0.2) is 42.0 Å². The minimum absolute atomic E-state index is 0.0116. The molecule has 0 saturated carbocycles. The first-order valence-corrected chi connectivity index (χ1v) is 10.4. The lowest BCUT2D eigenvalue weighted by atomic mass is 9.85. The summed E-state index contributed by atoms with van der Waals surface area (Å²) in [6.45, 7) is 9.52. The third-order valence-corrected chi connectivity index (χ3v) is 4.91. The molecule has 1 aliphatic rings. The molecule has 2 rings (SSSR count). The lowest BCUT2D eigenvalue weighted by Gasteiger charge is -2.37. The van der Waals surface area contributed by atoms with E-state index in [0.29, 0.717) is 17.6 Å². The maximum Gasteiger partial charge on any atom is 0.408 e.